The summed E-state index contributed by atoms with van der Waals surface area (Å²) in [6.07, 6.45) is 0. The van der Waals surface area contributed by atoms with Crippen LogP contribution in [-0.2, 0) is 4.84 Å². The lowest BCUT2D eigenvalue weighted by atomic mass is 10.1. The first-order valence-corrected chi connectivity index (χ1v) is 4.68. The summed E-state index contributed by atoms with van der Waals surface area (Å²) in [4.78, 5) is 16.7. The van der Waals surface area contributed by atoms with Crippen molar-refractivity contribution in [2.75, 3.05) is 28.4 Å². The van der Waals surface area contributed by atoms with Crippen LogP contribution in [0.5, 0.6) is 11.5 Å². The average molecular weight is 225 g/mol. The average Bonchev–Trinajstić information content (AvgIpc) is 2.35. The molecule has 16 heavy (non-hydrogen) atoms. The molecular weight excluding hydrogens is 210 g/mol. The van der Waals surface area contributed by atoms with Gasteiger partial charge in [0.25, 0.3) is 5.91 Å². The van der Waals surface area contributed by atoms with Crippen LogP contribution in [0.1, 0.15) is 10.4 Å². The molecule has 0 aliphatic heterocycles. The van der Waals surface area contributed by atoms with Gasteiger partial charge in [0.15, 0.2) is 11.5 Å². The van der Waals surface area contributed by atoms with Gasteiger partial charge in [-0.05, 0) is 12.1 Å². The van der Waals surface area contributed by atoms with E-state index in [0.29, 0.717) is 17.1 Å². The number of nitrogens with zero attached hydrogens (tertiary/aromatic N) is 1. The fraction of sp³-hybridized carbons (Fsp3) is 0.364. The van der Waals surface area contributed by atoms with Gasteiger partial charge in [-0.1, -0.05) is 6.07 Å². The Morgan fingerprint density at radius 3 is 2.38 bits per heavy atom. The quantitative estimate of drug-likeness (QED) is 0.725. The van der Waals surface area contributed by atoms with Crippen molar-refractivity contribution >= 4 is 5.91 Å². The number of hydrogen-bond donors (Lipinski definition) is 0. The molecule has 0 saturated heterocycles. The zero-order chi connectivity index (χ0) is 12.1. The molecule has 0 fully saturated rings. The zero-order valence-electron chi connectivity index (χ0n) is 9.81. The molecule has 88 valence electrons. The number of benzene rings is 1. The maximum absolute atomic E-state index is 11.9. The maximum atomic E-state index is 11.9. The lowest BCUT2D eigenvalue weighted by Gasteiger charge is -2.16. The minimum absolute atomic E-state index is 0.293. The van der Waals surface area contributed by atoms with E-state index in [9.17, 15) is 4.79 Å². The van der Waals surface area contributed by atoms with Crippen molar-refractivity contribution in [3.05, 3.63) is 23.8 Å². The SMILES string of the molecule is COc1cccc(C(=O)N(C)OC)c1OC. The topological polar surface area (TPSA) is 48.0 Å². The van der Waals surface area contributed by atoms with E-state index in [1.54, 1.807) is 18.2 Å². The Bertz CT molecular complexity index is 378. The molecule has 5 heteroatoms. The summed E-state index contributed by atoms with van der Waals surface area (Å²) in [6, 6.07) is 5.10. The summed E-state index contributed by atoms with van der Waals surface area (Å²) in [7, 11) is 5.96. The van der Waals surface area contributed by atoms with Crippen molar-refractivity contribution < 1.29 is 19.1 Å². The van der Waals surface area contributed by atoms with Crippen LogP contribution in [0.3, 0.4) is 0 Å². The Hall–Kier alpha value is -1.75. The highest BCUT2D eigenvalue weighted by Gasteiger charge is 2.19. The van der Waals surface area contributed by atoms with E-state index in [1.807, 2.05) is 0 Å². The third kappa shape index (κ3) is 2.25. The predicted molar refractivity (Wildman–Crippen MR) is 58.6 cm³/mol. The molecule has 1 aromatic rings. The van der Waals surface area contributed by atoms with Crippen LogP contribution < -0.4 is 9.47 Å². The van der Waals surface area contributed by atoms with E-state index in [4.69, 9.17) is 14.3 Å². The van der Waals surface area contributed by atoms with Gasteiger partial charge < -0.3 is 9.47 Å². The van der Waals surface area contributed by atoms with Crippen LogP contribution in [0.15, 0.2) is 18.2 Å². The number of para-hydroxylation sites is 1. The number of carbonyl (C=O) groups is 1. The fourth-order valence-electron chi connectivity index (χ4n) is 1.31. The number of amides is 1. The Morgan fingerprint density at radius 2 is 1.88 bits per heavy atom. The van der Waals surface area contributed by atoms with E-state index < -0.39 is 0 Å². The summed E-state index contributed by atoms with van der Waals surface area (Å²) in [5.41, 5.74) is 0.395. The van der Waals surface area contributed by atoms with Crippen molar-refractivity contribution in [3.8, 4) is 11.5 Å². The van der Waals surface area contributed by atoms with E-state index in [0.717, 1.165) is 5.06 Å². The first-order chi connectivity index (χ1) is 7.65. The second-order valence-electron chi connectivity index (χ2n) is 3.03. The van der Waals surface area contributed by atoms with E-state index in [1.165, 1.54) is 28.4 Å². The van der Waals surface area contributed by atoms with Gasteiger partial charge in [-0.25, -0.2) is 5.06 Å². The molecule has 5 nitrogen and oxygen atoms in total. The molecular formula is C11H15NO4. The van der Waals surface area contributed by atoms with Crippen LogP contribution in [0, 0.1) is 0 Å². The summed E-state index contributed by atoms with van der Waals surface area (Å²) in [5.74, 6) is 0.620. The molecule has 0 heterocycles. The van der Waals surface area contributed by atoms with Crippen LogP contribution in [0.2, 0.25) is 0 Å². The molecule has 0 spiro atoms. The molecule has 1 aromatic carbocycles. The van der Waals surface area contributed by atoms with Crippen molar-refractivity contribution in [2.45, 2.75) is 0 Å². The van der Waals surface area contributed by atoms with Crippen LogP contribution in [-0.4, -0.2) is 39.3 Å². The third-order valence-electron chi connectivity index (χ3n) is 2.19. The molecule has 0 aromatic heterocycles. The van der Waals surface area contributed by atoms with Crippen molar-refractivity contribution in [2.24, 2.45) is 0 Å². The molecule has 0 aliphatic rings. The standard InChI is InChI=1S/C11H15NO4/c1-12(16-4)11(13)8-6-5-7-9(14-2)10(8)15-3/h5-7H,1-4H3. The molecule has 0 N–H and O–H groups in total. The minimum Gasteiger partial charge on any atom is -0.493 e. The molecule has 0 saturated carbocycles. The van der Waals surface area contributed by atoms with Gasteiger partial charge in [-0.2, -0.15) is 0 Å². The Kier molecular flexibility index (Phi) is 4.13. The van der Waals surface area contributed by atoms with Crippen molar-refractivity contribution in [1.29, 1.82) is 0 Å². The molecule has 1 rings (SSSR count). The van der Waals surface area contributed by atoms with Gasteiger partial charge in [-0.15, -0.1) is 0 Å². The Labute approximate surface area is 94.5 Å². The van der Waals surface area contributed by atoms with Gasteiger partial charge in [0.2, 0.25) is 0 Å². The molecule has 0 bridgehead atoms. The normalized spacial score (nSPS) is 9.75. The number of rotatable bonds is 4. The third-order valence-corrected chi connectivity index (χ3v) is 2.19. The van der Waals surface area contributed by atoms with Gasteiger partial charge in [-0.3, -0.25) is 9.63 Å². The molecule has 1 amide bonds. The minimum atomic E-state index is -0.293. The zero-order valence-corrected chi connectivity index (χ0v) is 9.81. The summed E-state index contributed by atoms with van der Waals surface area (Å²) >= 11 is 0. The highest BCUT2D eigenvalue weighted by Crippen LogP contribution is 2.31. The predicted octanol–water partition coefficient (Wildman–Crippen LogP) is 1.34. The summed E-state index contributed by atoms with van der Waals surface area (Å²) in [6.45, 7) is 0. The van der Waals surface area contributed by atoms with Crippen LogP contribution in [0.4, 0.5) is 0 Å². The Balaban J connectivity index is 3.17. The van der Waals surface area contributed by atoms with Gasteiger partial charge in [0.1, 0.15) is 0 Å². The van der Waals surface area contributed by atoms with E-state index in [2.05, 4.69) is 0 Å². The molecule has 0 aliphatic carbocycles. The van der Waals surface area contributed by atoms with Crippen LogP contribution >= 0.6 is 0 Å². The number of hydroxylamine groups is 2. The lowest BCUT2D eigenvalue weighted by Crippen LogP contribution is -2.25. The second-order valence-corrected chi connectivity index (χ2v) is 3.03. The first-order valence-electron chi connectivity index (χ1n) is 4.68. The molecule has 0 unspecified atom stereocenters. The van der Waals surface area contributed by atoms with Crippen molar-refractivity contribution in [3.63, 3.8) is 0 Å². The van der Waals surface area contributed by atoms with E-state index >= 15 is 0 Å². The number of methoxy groups -OCH3 is 2. The fourth-order valence-corrected chi connectivity index (χ4v) is 1.31. The number of hydrogen-bond acceptors (Lipinski definition) is 4. The molecule has 0 radical (unpaired) electrons. The monoisotopic (exact) mass is 225 g/mol. The maximum Gasteiger partial charge on any atom is 0.281 e. The highest BCUT2D eigenvalue weighted by molar-refractivity contribution is 5.97. The summed E-state index contributed by atoms with van der Waals surface area (Å²) in [5, 5.41) is 1.12. The number of carbonyl (C=O) groups excluding carboxylic acids is 1. The second kappa shape index (κ2) is 5.37. The van der Waals surface area contributed by atoms with E-state index in [-0.39, 0.29) is 5.91 Å². The van der Waals surface area contributed by atoms with Gasteiger partial charge >= 0.3 is 0 Å². The van der Waals surface area contributed by atoms with Gasteiger partial charge in [0, 0.05) is 7.05 Å². The highest BCUT2D eigenvalue weighted by atomic mass is 16.7. The Morgan fingerprint density at radius 1 is 1.19 bits per heavy atom. The summed E-state index contributed by atoms with van der Waals surface area (Å²) < 4.78 is 10.3. The largest absolute Gasteiger partial charge is 0.493 e. The van der Waals surface area contributed by atoms with Gasteiger partial charge in [0.05, 0.1) is 26.9 Å². The van der Waals surface area contributed by atoms with Crippen molar-refractivity contribution in [1.82, 2.24) is 5.06 Å². The van der Waals surface area contributed by atoms with Crippen LogP contribution in [0.25, 0.3) is 0 Å². The smallest absolute Gasteiger partial charge is 0.281 e. The molecule has 0 atom stereocenters. The first kappa shape index (κ1) is 12.3. The number of ether oxygens (including phenoxy) is 2. The lowest BCUT2D eigenvalue weighted by molar-refractivity contribution is -0.0758.